The molecule has 0 atom stereocenters. The summed E-state index contributed by atoms with van der Waals surface area (Å²) in [7, 11) is 0. The fourth-order valence-electron chi connectivity index (χ4n) is 2.41. The molecule has 122 valence electrons. The lowest BCUT2D eigenvalue weighted by molar-refractivity contribution is 0.0793. The largest absolute Gasteiger partial charge is 0.381 e. The molecule has 0 bridgehead atoms. The zero-order valence-electron chi connectivity index (χ0n) is 13.8. The van der Waals surface area contributed by atoms with Crippen molar-refractivity contribution < 1.29 is 4.79 Å². The van der Waals surface area contributed by atoms with Gasteiger partial charge in [0.2, 0.25) is 0 Å². The van der Waals surface area contributed by atoms with Crippen molar-refractivity contribution in [1.29, 1.82) is 0 Å². The van der Waals surface area contributed by atoms with E-state index in [1.54, 1.807) is 17.2 Å². The van der Waals surface area contributed by atoms with Crippen molar-refractivity contribution in [2.75, 3.05) is 18.4 Å². The Kier molecular flexibility index (Phi) is 6.16. The number of hydrogen-bond donors (Lipinski definition) is 1. The normalized spacial score (nSPS) is 9.83. The standard InChI is InChI=1S/C20H21N3O/c1-4-12-23(13-5-2)20(24)18-9-6-10-19(16(18)3)22-15-17-8-7-11-21-14-17/h1,5-11,14,22H,2,12-13,15H2,3H3. The number of hydrogen-bond acceptors (Lipinski definition) is 3. The zero-order valence-corrected chi connectivity index (χ0v) is 13.8. The monoisotopic (exact) mass is 319 g/mol. The second kappa shape index (κ2) is 8.54. The Hall–Kier alpha value is -3.06. The van der Waals surface area contributed by atoms with E-state index in [1.165, 1.54) is 0 Å². The van der Waals surface area contributed by atoms with Crippen molar-refractivity contribution in [3.63, 3.8) is 0 Å². The molecule has 24 heavy (non-hydrogen) atoms. The zero-order chi connectivity index (χ0) is 17.4. The van der Waals surface area contributed by atoms with Gasteiger partial charge in [-0.05, 0) is 36.2 Å². The molecule has 0 radical (unpaired) electrons. The van der Waals surface area contributed by atoms with E-state index in [2.05, 4.69) is 22.8 Å². The van der Waals surface area contributed by atoms with E-state index in [0.29, 0.717) is 18.7 Å². The van der Waals surface area contributed by atoms with Crippen LogP contribution >= 0.6 is 0 Å². The average Bonchev–Trinajstić information content (AvgIpc) is 2.61. The van der Waals surface area contributed by atoms with Crippen LogP contribution in [-0.4, -0.2) is 28.9 Å². The minimum absolute atomic E-state index is 0.0876. The Labute approximate surface area is 143 Å². The first-order chi connectivity index (χ1) is 11.7. The fourth-order valence-corrected chi connectivity index (χ4v) is 2.41. The number of benzene rings is 1. The molecule has 4 nitrogen and oxygen atoms in total. The number of nitrogens with one attached hydrogen (secondary N) is 1. The van der Waals surface area contributed by atoms with Crippen LogP contribution in [0.15, 0.2) is 55.4 Å². The van der Waals surface area contributed by atoms with Gasteiger partial charge in [0.05, 0.1) is 6.54 Å². The van der Waals surface area contributed by atoms with Gasteiger partial charge < -0.3 is 10.2 Å². The number of rotatable bonds is 7. The van der Waals surface area contributed by atoms with Crippen molar-refractivity contribution in [3.05, 3.63) is 72.1 Å². The highest BCUT2D eigenvalue weighted by Gasteiger charge is 2.17. The molecule has 1 amide bonds. The Morgan fingerprint density at radius 1 is 1.42 bits per heavy atom. The van der Waals surface area contributed by atoms with Gasteiger partial charge >= 0.3 is 0 Å². The molecule has 1 aromatic heterocycles. The van der Waals surface area contributed by atoms with Crippen LogP contribution in [0.25, 0.3) is 0 Å². The van der Waals surface area contributed by atoms with Gasteiger partial charge in [0.25, 0.3) is 5.91 Å². The smallest absolute Gasteiger partial charge is 0.255 e. The first-order valence-corrected chi connectivity index (χ1v) is 7.73. The van der Waals surface area contributed by atoms with Gasteiger partial charge in [-0.1, -0.05) is 24.1 Å². The molecule has 0 unspecified atom stereocenters. The van der Waals surface area contributed by atoms with Gasteiger partial charge in [-0.25, -0.2) is 0 Å². The maximum absolute atomic E-state index is 12.7. The summed E-state index contributed by atoms with van der Waals surface area (Å²) in [4.78, 5) is 18.4. The molecule has 1 heterocycles. The molecule has 2 rings (SSSR count). The number of amides is 1. The van der Waals surface area contributed by atoms with Gasteiger partial charge in [-0.3, -0.25) is 9.78 Å². The van der Waals surface area contributed by atoms with Gasteiger partial charge in [-0.15, -0.1) is 13.0 Å². The quantitative estimate of drug-likeness (QED) is 0.629. The third-order valence-electron chi connectivity index (χ3n) is 3.69. The Balaban J connectivity index is 2.19. The average molecular weight is 319 g/mol. The number of carbonyl (C=O) groups excluding carboxylic acids is 1. The summed E-state index contributed by atoms with van der Waals surface area (Å²) in [5.74, 6) is 2.43. The number of aromatic nitrogens is 1. The second-order valence-corrected chi connectivity index (χ2v) is 5.37. The molecule has 0 aliphatic carbocycles. The van der Waals surface area contributed by atoms with Gasteiger partial charge in [0.1, 0.15) is 0 Å². The van der Waals surface area contributed by atoms with E-state index in [4.69, 9.17) is 6.42 Å². The van der Waals surface area contributed by atoms with Crippen molar-refractivity contribution >= 4 is 11.6 Å². The van der Waals surface area contributed by atoms with Crippen LogP contribution in [0.5, 0.6) is 0 Å². The van der Waals surface area contributed by atoms with E-state index in [9.17, 15) is 4.79 Å². The third-order valence-corrected chi connectivity index (χ3v) is 3.69. The minimum Gasteiger partial charge on any atom is -0.381 e. The highest BCUT2D eigenvalue weighted by atomic mass is 16.2. The molecule has 0 spiro atoms. The number of pyridine rings is 1. The Bertz CT molecular complexity index is 747. The maximum Gasteiger partial charge on any atom is 0.255 e. The fraction of sp³-hybridized carbons (Fsp3) is 0.200. The number of nitrogens with zero attached hydrogens (tertiary/aromatic N) is 2. The number of terminal acetylenes is 1. The lowest BCUT2D eigenvalue weighted by Gasteiger charge is -2.20. The van der Waals surface area contributed by atoms with Crippen LogP contribution in [0.4, 0.5) is 5.69 Å². The molecule has 0 aliphatic heterocycles. The van der Waals surface area contributed by atoms with Crippen molar-refractivity contribution in [3.8, 4) is 12.3 Å². The molecule has 0 saturated heterocycles. The second-order valence-electron chi connectivity index (χ2n) is 5.37. The Morgan fingerprint density at radius 2 is 2.25 bits per heavy atom. The lowest BCUT2D eigenvalue weighted by atomic mass is 10.0. The lowest BCUT2D eigenvalue weighted by Crippen LogP contribution is -2.32. The van der Waals surface area contributed by atoms with Gasteiger partial charge in [0, 0.05) is 36.7 Å². The van der Waals surface area contributed by atoms with E-state index in [0.717, 1.165) is 16.8 Å². The van der Waals surface area contributed by atoms with Gasteiger partial charge in [0.15, 0.2) is 0 Å². The summed E-state index contributed by atoms with van der Waals surface area (Å²) < 4.78 is 0. The van der Waals surface area contributed by atoms with Crippen LogP contribution < -0.4 is 5.32 Å². The first kappa shape index (κ1) is 17.3. The summed E-state index contributed by atoms with van der Waals surface area (Å²) in [6, 6.07) is 9.55. The molecule has 4 heteroatoms. The highest BCUT2D eigenvalue weighted by Crippen LogP contribution is 2.21. The van der Waals surface area contributed by atoms with Crippen LogP contribution in [0.1, 0.15) is 21.5 Å². The van der Waals surface area contributed by atoms with Gasteiger partial charge in [-0.2, -0.15) is 0 Å². The highest BCUT2D eigenvalue weighted by molar-refractivity contribution is 5.97. The van der Waals surface area contributed by atoms with E-state index < -0.39 is 0 Å². The van der Waals surface area contributed by atoms with Crippen LogP contribution in [0.2, 0.25) is 0 Å². The summed E-state index contributed by atoms with van der Waals surface area (Å²) in [5.41, 5.74) is 3.54. The molecule has 0 aliphatic rings. The minimum atomic E-state index is -0.0876. The van der Waals surface area contributed by atoms with Crippen molar-refractivity contribution in [2.24, 2.45) is 0 Å². The maximum atomic E-state index is 12.7. The summed E-state index contributed by atoms with van der Waals surface area (Å²) in [5, 5.41) is 3.36. The molecule has 0 fully saturated rings. The van der Waals surface area contributed by atoms with Crippen molar-refractivity contribution in [2.45, 2.75) is 13.5 Å². The summed E-state index contributed by atoms with van der Waals surface area (Å²) in [6.07, 6.45) is 10.6. The van der Waals surface area contributed by atoms with E-state index >= 15 is 0 Å². The SMILES string of the molecule is C#CCN(CC=C)C(=O)c1cccc(NCc2cccnc2)c1C. The molecule has 1 aromatic carbocycles. The summed E-state index contributed by atoms with van der Waals surface area (Å²) >= 11 is 0. The first-order valence-electron chi connectivity index (χ1n) is 7.73. The molecule has 1 N–H and O–H groups in total. The van der Waals surface area contributed by atoms with Crippen LogP contribution in [0.3, 0.4) is 0 Å². The number of carbonyl (C=O) groups is 1. The predicted octanol–water partition coefficient (Wildman–Crippen LogP) is 3.26. The van der Waals surface area contributed by atoms with Crippen molar-refractivity contribution in [1.82, 2.24) is 9.88 Å². The van der Waals surface area contributed by atoms with E-state index in [-0.39, 0.29) is 12.5 Å². The molecular weight excluding hydrogens is 298 g/mol. The topological polar surface area (TPSA) is 45.2 Å². The predicted molar refractivity (Wildman–Crippen MR) is 97.7 cm³/mol. The van der Waals surface area contributed by atoms with Crippen LogP contribution in [0, 0.1) is 19.3 Å². The third kappa shape index (κ3) is 4.23. The van der Waals surface area contributed by atoms with E-state index in [1.807, 2.05) is 43.5 Å². The van der Waals surface area contributed by atoms with Crippen LogP contribution in [-0.2, 0) is 6.54 Å². The number of anilines is 1. The molecule has 0 saturated carbocycles. The summed E-state index contributed by atoms with van der Waals surface area (Å²) in [6.45, 7) is 6.95. The molecular formula is C20H21N3O. The Morgan fingerprint density at radius 3 is 2.92 bits per heavy atom. The molecule has 2 aromatic rings.